The summed E-state index contributed by atoms with van der Waals surface area (Å²) in [5.74, 6) is -1.34. The number of carbonyl (C=O) groups is 1. The van der Waals surface area contributed by atoms with E-state index < -0.39 is 56.9 Å². The normalized spacial score (nSPS) is 17.1. The van der Waals surface area contributed by atoms with Crippen LogP contribution in [0.1, 0.15) is 70.4 Å². The average molecular weight is 783 g/mol. The maximum absolute atomic E-state index is 12.4. The minimum absolute atomic E-state index is 0.0173. The van der Waals surface area contributed by atoms with Crippen LogP contribution >= 0.6 is 0 Å². The van der Waals surface area contributed by atoms with E-state index in [1.165, 1.54) is 6.07 Å². The monoisotopic (exact) mass is 781 g/mol. The van der Waals surface area contributed by atoms with Gasteiger partial charge in [-0.1, -0.05) is 0 Å². The number of anilines is 1. The molecule has 2 aromatic carbocycles. The van der Waals surface area contributed by atoms with E-state index in [-0.39, 0.29) is 35.1 Å². The molecular formula is C33H41NNiO11S3. The predicted molar refractivity (Wildman–Crippen MR) is 183 cm³/mol. The quantitative estimate of drug-likeness (QED) is 0.0702. The molecule has 0 amide bonds. The van der Waals surface area contributed by atoms with Crippen LogP contribution in [0.2, 0.25) is 0 Å². The number of hydrogen-bond acceptors (Lipinski definition) is 8. The number of aliphatic carboxylic acids is 1. The Morgan fingerprint density at radius 1 is 0.898 bits per heavy atom. The first-order chi connectivity index (χ1) is 22.6. The van der Waals surface area contributed by atoms with E-state index in [0.29, 0.717) is 31.9 Å². The van der Waals surface area contributed by atoms with Crippen molar-refractivity contribution in [1.82, 2.24) is 0 Å². The average Bonchev–Trinajstić information content (AvgIpc) is 3.20. The van der Waals surface area contributed by atoms with Crippen LogP contribution in [-0.2, 0) is 61.0 Å². The van der Waals surface area contributed by atoms with Gasteiger partial charge in [0, 0.05) is 0 Å². The standard InChI is InChI=1S/C33H41NO11S3.Ni/c1-32(2)26-14-9-10-15-28(26)34(22-13-23-46(37,38)39)30(32)16-7-4-5-11-20-33(3,21-12-6-8-17-31(35)36)27-19-18-25(47(40,41)42)24-29(27)48(43,44)45;/h4-5,7,9-11,14-16,18-19,24H,6,8,12-13,17,21-23H2,1-3H3,(H,35,36)(H,37,38,39)(H,40,41,42)(H,43,44,45);/b7-4+,11-5+,30-16+;. The topological polar surface area (TPSA) is 204 Å². The molecule has 0 aliphatic carbocycles. The first-order valence-electron chi connectivity index (χ1n) is 15.3. The number of nitrogens with zero attached hydrogens (tertiary/aromatic N) is 1. The fourth-order valence-electron chi connectivity index (χ4n) is 5.95. The molecule has 0 fully saturated rings. The molecule has 1 unspecified atom stereocenters. The van der Waals surface area contributed by atoms with Crippen molar-refractivity contribution in [2.24, 2.45) is 0 Å². The second kappa shape index (κ2) is 15.9. The van der Waals surface area contributed by atoms with E-state index >= 15 is 0 Å². The third-order valence-corrected chi connectivity index (χ3v) is 11.7. The summed E-state index contributed by atoms with van der Waals surface area (Å²) in [5, 5.41) is 8.99. The van der Waals surface area contributed by atoms with E-state index in [1.807, 2.05) is 49.1 Å². The van der Waals surface area contributed by atoms with Gasteiger partial charge in [-0.05, 0) is 0 Å². The summed E-state index contributed by atoms with van der Waals surface area (Å²) in [7, 11) is -13.9. The Hall–Kier alpha value is -2.98. The van der Waals surface area contributed by atoms with Gasteiger partial charge in [0.1, 0.15) is 0 Å². The fraction of sp³-hybridized carbons (Fsp3) is 0.394. The Morgan fingerprint density at radius 2 is 1.57 bits per heavy atom. The van der Waals surface area contributed by atoms with Crippen molar-refractivity contribution in [3.05, 3.63) is 89.7 Å². The molecule has 1 heterocycles. The molecule has 12 nitrogen and oxygen atoms in total. The van der Waals surface area contributed by atoms with Gasteiger partial charge >= 0.3 is 284 Å². The van der Waals surface area contributed by atoms with Gasteiger partial charge in [0.05, 0.1) is 0 Å². The predicted octanol–water partition coefficient (Wildman–Crippen LogP) is 5.26. The molecular weight excluding hydrogens is 741 g/mol. The molecule has 16 heteroatoms. The number of carboxylic acid groups (broad SMARTS) is 1. The molecule has 0 bridgehead atoms. The molecule has 1 atom stereocenters. The van der Waals surface area contributed by atoms with Crippen molar-refractivity contribution in [2.75, 3.05) is 17.2 Å². The maximum atomic E-state index is 12.4. The van der Waals surface area contributed by atoms with Crippen molar-refractivity contribution in [2.45, 2.75) is 79.9 Å². The first kappa shape index (κ1) is 40.5. The SMILES string of the molecule is CC(CCCCCC(=O)O)([C](=[Ni])/C=C/C=C/C=C1/N(CCCS(=O)(=O)O)c2ccccc2C1(C)C)c1ccc(S(=O)(=O)O)cc1S(=O)(=O)O. The summed E-state index contributed by atoms with van der Waals surface area (Å²) in [6.07, 6.45) is 10.3. The second-order valence-electron chi connectivity index (χ2n) is 12.4. The van der Waals surface area contributed by atoms with E-state index in [2.05, 4.69) is 0 Å². The van der Waals surface area contributed by atoms with Gasteiger partial charge in [-0.15, -0.1) is 0 Å². The number of rotatable bonds is 17. The zero-order chi connectivity index (χ0) is 36.8. The van der Waals surface area contributed by atoms with E-state index in [4.69, 9.17) is 20.1 Å². The van der Waals surface area contributed by atoms with Crippen molar-refractivity contribution < 1.29 is 63.8 Å². The summed E-state index contributed by atoms with van der Waals surface area (Å²) < 4.78 is 100. The number of unbranched alkanes of at least 4 members (excludes halogenated alkanes) is 2. The number of fused-ring (bicyclic) bond motifs is 1. The van der Waals surface area contributed by atoms with Crippen molar-refractivity contribution in [3.63, 3.8) is 0 Å². The van der Waals surface area contributed by atoms with Crippen LogP contribution in [0.3, 0.4) is 0 Å². The zero-order valence-corrected chi connectivity index (χ0v) is 30.7. The van der Waals surface area contributed by atoms with Gasteiger partial charge in [0.2, 0.25) is 0 Å². The third-order valence-electron chi connectivity index (χ3n) is 8.48. The summed E-state index contributed by atoms with van der Waals surface area (Å²) in [5.41, 5.74) is 1.22. The molecule has 0 radical (unpaired) electrons. The fourth-order valence-corrected chi connectivity index (χ4v) is 8.22. The molecule has 0 saturated heterocycles. The number of benzene rings is 2. The third kappa shape index (κ3) is 10.5. The molecule has 1 aliphatic heterocycles. The summed E-state index contributed by atoms with van der Waals surface area (Å²) in [4.78, 5) is 11.5. The molecule has 4 N–H and O–H groups in total. The second-order valence-corrected chi connectivity index (χ2v) is 17.4. The van der Waals surface area contributed by atoms with E-state index in [9.17, 15) is 43.7 Å². The molecule has 0 aromatic heterocycles. The Morgan fingerprint density at radius 3 is 2.18 bits per heavy atom. The molecule has 272 valence electrons. The summed E-state index contributed by atoms with van der Waals surface area (Å²) in [6.45, 7) is 6.09. The molecule has 0 saturated carbocycles. The Bertz CT molecular complexity index is 2000. The van der Waals surface area contributed by atoms with Gasteiger partial charge in [0.25, 0.3) is 0 Å². The van der Waals surface area contributed by atoms with E-state index in [0.717, 1.165) is 23.0 Å². The number of para-hydroxylation sites is 1. The Kier molecular flexibility index (Phi) is 13.1. The Balaban J connectivity index is 1.96. The van der Waals surface area contributed by atoms with Gasteiger partial charge in [0.15, 0.2) is 0 Å². The molecule has 1 aliphatic rings. The first-order valence-corrected chi connectivity index (χ1v) is 20.3. The van der Waals surface area contributed by atoms with Crippen LogP contribution < -0.4 is 4.90 Å². The van der Waals surface area contributed by atoms with Gasteiger partial charge in [-0.25, -0.2) is 0 Å². The van der Waals surface area contributed by atoms with Gasteiger partial charge < -0.3 is 0 Å². The van der Waals surface area contributed by atoms with Crippen LogP contribution in [0.5, 0.6) is 0 Å². The summed E-state index contributed by atoms with van der Waals surface area (Å²) >= 11 is 5.36. The summed E-state index contributed by atoms with van der Waals surface area (Å²) in [6, 6.07) is 10.6. The number of carboxylic acids is 1. The molecule has 49 heavy (non-hydrogen) atoms. The van der Waals surface area contributed by atoms with Crippen molar-refractivity contribution in [3.8, 4) is 0 Å². The van der Waals surface area contributed by atoms with Crippen LogP contribution in [0.4, 0.5) is 5.69 Å². The molecule has 3 rings (SSSR count). The van der Waals surface area contributed by atoms with Crippen LogP contribution in [-0.4, -0.2) is 66.8 Å². The minimum atomic E-state index is -4.98. The van der Waals surface area contributed by atoms with Crippen LogP contribution in [0.15, 0.2) is 88.3 Å². The molecule has 0 spiro atoms. The van der Waals surface area contributed by atoms with Crippen LogP contribution in [0.25, 0.3) is 0 Å². The van der Waals surface area contributed by atoms with E-state index in [1.54, 1.807) is 31.2 Å². The van der Waals surface area contributed by atoms with Crippen molar-refractivity contribution in [1.29, 1.82) is 0 Å². The van der Waals surface area contributed by atoms with Gasteiger partial charge in [-0.2, -0.15) is 8.42 Å². The van der Waals surface area contributed by atoms with Gasteiger partial charge in [-0.3, -0.25) is 4.55 Å². The number of allylic oxidation sites excluding steroid dienone is 6. The Labute approximate surface area is 295 Å². The van der Waals surface area contributed by atoms with Crippen molar-refractivity contribution >= 4 is 46.5 Å². The number of hydrogen-bond donors (Lipinski definition) is 4. The van der Waals surface area contributed by atoms with Crippen LogP contribution in [0, 0.1) is 0 Å². The molecule has 2 aromatic rings. The zero-order valence-electron chi connectivity index (χ0n) is 27.2.